The lowest BCUT2D eigenvalue weighted by atomic mass is 10.1. The quantitative estimate of drug-likeness (QED) is 0.664. The van der Waals surface area contributed by atoms with Crippen molar-refractivity contribution in [2.75, 3.05) is 51.3 Å². The third-order valence-corrected chi connectivity index (χ3v) is 4.63. The first-order valence-electron chi connectivity index (χ1n) is 9.62. The molecule has 0 saturated carbocycles. The number of hydrogen-bond acceptors (Lipinski definition) is 5. The topological polar surface area (TPSA) is 66.5 Å². The van der Waals surface area contributed by atoms with Crippen LogP contribution >= 0.6 is 0 Å². The Bertz CT molecular complexity index is 702. The number of aromatic nitrogens is 1. The van der Waals surface area contributed by atoms with Gasteiger partial charge in [-0.1, -0.05) is 30.3 Å². The van der Waals surface area contributed by atoms with E-state index in [-0.39, 0.29) is 5.91 Å². The molecule has 2 N–H and O–H groups in total. The molecule has 1 aromatic carbocycles. The molecular formula is C21H28N4O2. The van der Waals surface area contributed by atoms with Gasteiger partial charge in [-0.15, -0.1) is 0 Å². The minimum atomic E-state index is -0.0799. The second-order valence-electron chi connectivity index (χ2n) is 6.69. The normalized spacial score (nSPS) is 14.7. The largest absolute Gasteiger partial charge is 0.384 e. The molecule has 3 rings (SSSR count). The van der Waals surface area contributed by atoms with Gasteiger partial charge in [-0.25, -0.2) is 0 Å². The monoisotopic (exact) mass is 368 g/mol. The van der Waals surface area contributed by atoms with E-state index in [2.05, 4.69) is 44.8 Å². The van der Waals surface area contributed by atoms with Crippen LogP contribution in [-0.2, 0) is 11.2 Å². The van der Waals surface area contributed by atoms with Gasteiger partial charge in [-0.3, -0.25) is 14.7 Å². The van der Waals surface area contributed by atoms with E-state index < -0.39 is 0 Å². The van der Waals surface area contributed by atoms with Gasteiger partial charge in [0.25, 0.3) is 5.91 Å². The Morgan fingerprint density at radius 2 is 1.93 bits per heavy atom. The van der Waals surface area contributed by atoms with Gasteiger partial charge in [0.2, 0.25) is 0 Å². The Labute approximate surface area is 160 Å². The maximum absolute atomic E-state index is 12.3. The number of carbonyl (C=O) groups excluding carboxylic acids is 1. The van der Waals surface area contributed by atoms with Gasteiger partial charge in [-0.2, -0.15) is 0 Å². The summed E-state index contributed by atoms with van der Waals surface area (Å²) in [7, 11) is 0. The fourth-order valence-corrected chi connectivity index (χ4v) is 3.09. The summed E-state index contributed by atoms with van der Waals surface area (Å²) in [5.74, 6) is -0.0799. The van der Waals surface area contributed by atoms with E-state index >= 15 is 0 Å². The number of ether oxygens (including phenoxy) is 1. The number of benzene rings is 1. The van der Waals surface area contributed by atoms with Crippen LogP contribution in [0.3, 0.4) is 0 Å². The van der Waals surface area contributed by atoms with E-state index in [1.807, 2.05) is 12.1 Å². The fraction of sp³-hybridized carbons (Fsp3) is 0.429. The molecule has 2 heterocycles. The van der Waals surface area contributed by atoms with Crippen molar-refractivity contribution in [1.82, 2.24) is 15.2 Å². The maximum Gasteiger partial charge on any atom is 0.252 e. The second-order valence-corrected chi connectivity index (χ2v) is 6.69. The summed E-state index contributed by atoms with van der Waals surface area (Å²) in [5, 5.41) is 6.33. The van der Waals surface area contributed by atoms with Gasteiger partial charge in [0.15, 0.2) is 0 Å². The third-order valence-electron chi connectivity index (χ3n) is 4.63. The molecule has 1 aromatic heterocycles. The van der Waals surface area contributed by atoms with Crippen LogP contribution in [0.4, 0.5) is 5.69 Å². The molecule has 0 atom stereocenters. The minimum Gasteiger partial charge on any atom is -0.384 e. The Kier molecular flexibility index (Phi) is 7.62. The number of aryl methyl sites for hydroxylation is 1. The highest BCUT2D eigenvalue weighted by Crippen LogP contribution is 2.09. The molecule has 6 nitrogen and oxygen atoms in total. The fourth-order valence-electron chi connectivity index (χ4n) is 3.09. The zero-order valence-corrected chi connectivity index (χ0v) is 15.7. The van der Waals surface area contributed by atoms with Crippen LogP contribution in [0, 0.1) is 0 Å². The zero-order valence-electron chi connectivity index (χ0n) is 15.7. The summed E-state index contributed by atoms with van der Waals surface area (Å²) in [6.45, 7) is 5.73. The molecule has 1 amide bonds. The Morgan fingerprint density at radius 1 is 1.11 bits per heavy atom. The van der Waals surface area contributed by atoms with E-state index in [9.17, 15) is 4.79 Å². The van der Waals surface area contributed by atoms with Crippen molar-refractivity contribution in [2.24, 2.45) is 0 Å². The van der Waals surface area contributed by atoms with Crippen molar-refractivity contribution in [1.29, 1.82) is 0 Å². The molecule has 1 saturated heterocycles. The number of pyridine rings is 1. The van der Waals surface area contributed by atoms with E-state index in [0.29, 0.717) is 12.1 Å². The molecule has 0 unspecified atom stereocenters. The van der Waals surface area contributed by atoms with Crippen LogP contribution in [-0.4, -0.2) is 61.7 Å². The maximum atomic E-state index is 12.3. The molecule has 144 valence electrons. The summed E-state index contributed by atoms with van der Waals surface area (Å²) < 4.78 is 5.33. The lowest BCUT2D eigenvalue weighted by Gasteiger charge is -2.26. The van der Waals surface area contributed by atoms with Gasteiger partial charge in [0.05, 0.1) is 24.5 Å². The molecule has 0 aliphatic carbocycles. The average Bonchev–Trinajstić information content (AvgIpc) is 2.73. The molecule has 1 fully saturated rings. The number of anilines is 1. The molecule has 27 heavy (non-hydrogen) atoms. The van der Waals surface area contributed by atoms with E-state index in [1.165, 1.54) is 5.56 Å². The number of nitrogens with one attached hydrogen (secondary N) is 2. The van der Waals surface area contributed by atoms with Crippen LogP contribution in [0.1, 0.15) is 22.3 Å². The van der Waals surface area contributed by atoms with Crippen molar-refractivity contribution in [2.45, 2.75) is 12.8 Å². The molecular weight excluding hydrogens is 340 g/mol. The highest BCUT2D eigenvalue weighted by molar-refractivity contribution is 5.94. The smallest absolute Gasteiger partial charge is 0.252 e. The van der Waals surface area contributed by atoms with E-state index in [0.717, 1.165) is 57.9 Å². The zero-order chi connectivity index (χ0) is 18.7. The second kappa shape index (κ2) is 10.6. The van der Waals surface area contributed by atoms with Crippen molar-refractivity contribution in [3.63, 3.8) is 0 Å². The van der Waals surface area contributed by atoms with Crippen LogP contribution in [0.2, 0.25) is 0 Å². The van der Waals surface area contributed by atoms with Crippen LogP contribution in [0.15, 0.2) is 48.8 Å². The number of morpholine rings is 1. The Hall–Kier alpha value is -2.44. The van der Waals surface area contributed by atoms with Gasteiger partial charge in [0.1, 0.15) is 0 Å². The summed E-state index contributed by atoms with van der Waals surface area (Å²) in [6, 6.07) is 12.3. The van der Waals surface area contributed by atoms with Crippen molar-refractivity contribution < 1.29 is 9.53 Å². The molecule has 0 bridgehead atoms. The predicted octanol–water partition coefficient (Wildman–Crippen LogP) is 2.19. The SMILES string of the molecule is O=C(NCCN1CCOCC1)c1cncc(NCCCc2ccccc2)c1. The first-order chi connectivity index (χ1) is 13.3. The van der Waals surface area contributed by atoms with Crippen LogP contribution in [0.5, 0.6) is 0 Å². The van der Waals surface area contributed by atoms with Gasteiger partial charge < -0.3 is 15.4 Å². The van der Waals surface area contributed by atoms with Gasteiger partial charge >= 0.3 is 0 Å². The number of carbonyl (C=O) groups is 1. The summed E-state index contributed by atoms with van der Waals surface area (Å²) in [5.41, 5.74) is 2.81. The van der Waals surface area contributed by atoms with Gasteiger partial charge in [-0.05, 0) is 24.5 Å². The first kappa shape index (κ1) is 19.3. The third kappa shape index (κ3) is 6.66. The average molecular weight is 368 g/mol. The van der Waals surface area contributed by atoms with Crippen LogP contribution in [0.25, 0.3) is 0 Å². The molecule has 1 aliphatic heterocycles. The lowest BCUT2D eigenvalue weighted by molar-refractivity contribution is 0.0383. The number of rotatable bonds is 9. The number of nitrogens with zero attached hydrogens (tertiary/aromatic N) is 2. The first-order valence-corrected chi connectivity index (χ1v) is 9.62. The lowest BCUT2D eigenvalue weighted by Crippen LogP contribution is -2.41. The van der Waals surface area contributed by atoms with Crippen molar-refractivity contribution >= 4 is 11.6 Å². The molecule has 1 aliphatic rings. The highest BCUT2D eigenvalue weighted by atomic mass is 16.5. The number of hydrogen-bond donors (Lipinski definition) is 2. The van der Waals surface area contributed by atoms with E-state index in [1.54, 1.807) is 12.4 Å². The van der Waals surface area contributed by atoms with Crippen molar-refractivity contribution in [3.05, 3.63) is 59.9 Å². The van der Waals surface area contributed by atoms with Crippen LogP contribution < -0.4 is 10.6 Å². The molecule has 0 spiro atoms. The molecule has 2 aromatic rings. The summed E-state index contributed by atoms with van der Waals surface area (Å²) >= 11 is 0. The van der Waals surface area contributed by atoms with Gasteiger partial charge in [0, 0.05) is 45.1 Å². The number of amides is 1. The predicted molar refractivity (Wildman–Crippen MR) is 107 cm³/mol. The minimum absolute atomic E-state index is 0.0799. The standard InChI is InChI=1S/C21H28N4O2/c26-21(24-9-10-25-11-13-27-14-12-25)19-15-20(17-22-16-19)23-8-4-7-18-5-2-1-3-6-18/h1-3,5-6,15-17,23H,4,7-14H2,(H,24,26). The summed E-state index contributed by atoms with van der Waals surface area (Å²) in [6.07, 6.45) is 5.43. The molecule has 6 heteroatoms. The Balaban J connectivity index is 1.38. The Morgan fingerprint density at radius 3 is 2.74 bits per heavy atom. The highest BCUT2D eigenvalue weighted by Gasteiger charge is 2.11. The molecule has 0 radical (unpaired) electrons. The van der Waals surface area contributed by atoms with Crippen molar-refractivity contribution in [3.8, 4) is 0 Å². The van der Waals surface area contributed by atoms with E-state index in [4.69, 9.17) is 4.74 Å². The summed E-state index contributed by atoms with van der Waals surface area (Å²) in [4.78, 5) is 18.8.